The Bertz CT molecular complexity index is 353. The van der Waals surface area contributed by atoms with Crippen molar-refractivity contribution in [1.82, 2.24) is 15.8 Å². The first-order valence-electron chi connectivity index (χ1n) is 4.46. The van der Waals surface area contributed by atoms with E-state index in [9.17, 15) is 4.79 Å². The molecule has 0 saturated carbocycles. The highest BCUT2D eigenvalue weighted by atomic mass is 32.1. The Morgan fingerprint density at radius 2 is 1.93 bits per heavy atom. The van der Waals surface area contributed by atoms with Crippen LogP contribution in [0.3, 0.4) is 0 Å². The molecule has 0 aliphatic heterocycles. The molecule has 1 aromatic rings. The van der Waals surface area contributed by atoms with Crippen LogP contribution in [0, 0.1) is 0 Å². The number of carbonyl (C=O) groups excluding carboxylic acids is 1. The van der Waals surface area contributed by atoms with E-state index >= 15 is 0 Å². The number of nitrogens with one attached hydrogen (secondary N) is 2. The van der Waals surface area contributed by atoms with Crippen molar-refractivity contribution >= 4 is 23.2 Å². The Kier molecular flexibility index (Phi) is 4.05. The Morgan fingerprint density at radius 3 is 2.47 bits per heavy atom. The summed E-state index contributed by atoms with van der Waals surface area (Å²) in [5, 5.41) is 4.68. The van der Waals surface area contributed by atoms with E-state index in [2.05, 4.69) is 10.7 Å². The maximum atomic E-state index is 11.6. The summed E-state index contributed by atoms with van der Waals surface area (Å²) < 4.78 is 0. The van der Waals surface area contributed by atoms with Gasteiger partial charge >= 0.3 is 0 Å². The van der Waals surface area contributed by atoms with Gasteiger partial charge in [-0.05, 0) is 24.4 Å². The first kappa shape index (κ1) is 11.5. The molecule has 5 heteroatoms. The zero-order valence-corrected chi connectivity index (χ0v) is 9.47. The Balaban J connectivity index is 2.61. The molecule has 0 radical (unpaired) electrons. The number of benzene rings is 1. The van der Waals surface area contributed by atoms with Gasteiger partial charge in [0.2, 0.25) is 0 Å². The van der Waals surface area contributed by atoms with Gasteiger partial charge in [0.15, 0.2) is 5.11 Å². The summed E-state index contributed by atoms with van der Waals surface area (Å²) >= 11 is 4.95. The molecule has 1 aromatic carbocycles. The van der Waals surface area contributed by atoms with Crippen molar-refractivity contribution < 1.29 is 4.79 Å². The standard InChI is InChI=1S/C10H13N3OS/c1-11-10(15)13(2)12-9(14)8-6-4-3-5-7-8/h3-7H,1-2H3,(H,11,15)(H,12,14). The molecule has 0 fully saturated rings. The first-order valence-corrected chi connectivity index (χ1v) is 4.87. The van der Waals surface area contributed by atoms with E-state index in [1.165, 1.54) is 5.01 Å². The fourth-order valence-electron chi connectivity index (χ4n) is 1.02. The smallest absolute Gasteiger partial charge is 0.269 e. The molecule has 0 bridgehead atoms. The lowest BCUT2D eigenvalue weighted by Crippen LogP contribution is -2.47. The summed E-state index contributed by atoms with van der Waals surface area (Å²) in [5.74, 6) is -0.185. The number of carbonyl (C=O) groups is 1. The van der Waals surface area contributed by atoms with Gasteiger partial charge in [0.1, 0.15) is 0 Å². The third-order valence-corrected chi connectivity index (χ3v) is 2.30. The van der Waals surface area contributed by atoms with Crippen LogP contribution in [0.25, 0.3) is 0 Å². The number of thiocarbonyl (C=S) groups is 1. The Morgan fingerprint density at radius 1 is 1.33 bits per heavy atom. The molecule has 2 N–H and O–H groups in total. The van der Waals surface area contributed by atoms with Gasteiger partial charge in [0.05, 0.1) is 0 Å². The van der Waals surface area contributed by atoms with Crippen LogP contribution in [0.2, 0.25) is 0 Å². The van der Waals surface area contributed by atoms with Gasteiger partial charge in [-0.3, -0.25) is 15.2 Å². The lowest BCUT2D eigenvalue weighted by Gasteiger charge is -2.20. The average molecular weight is 223 g/mol. The van der Waals surface area contributed by atoms with Gasteiger partial charge < -0.3 is 5.32 Å². The van der Waals surface area contributed by atoms with Crippen molar-refractivity contribution in [2.45, 2.75) is 0 Å². The predicted octanol–water partition coefficient (Wildman–Crippen LogP) is 0.767. The zero-order valence-electron chi connectivity index (χ0n) is 8.65. The van der Waals surface area contributed by atoms with E-state index in [0.717, 1.165) is 0 Å². The molecule has 1 rings (SSSR count). The molecular weight excluding hydrogens is 210 g/mol. The summed E-state index contributed by atoms with van der Waals surface area (Å²) in [7, 11) is 3.38. The third kappa shape index (κ3) is 3.21. The third-order valence-electron chi connectivity index (χ3n) is 1.82. The maximum Gasteiger partial charge on any atom is 0.269 e. The highest BCUT2D eigenvalue weighted by Crippen LogP contribution is 1.97. The van der Waals surface area contributed by atoms with E-state index in [0.29, 0.717) is 10.7 Å². The summed E-state index contributed by atoms with van der Waals surface area (Å²) in [6.07, 6.45) is 0. The van der Waals surface area contributed by atoms with Crippen molar-refractivity contribution in [2.24, 2.45) is 0 Å². The SMILES string of the molecule is CNC(=S)N(C)NC(=O)c1ccccc1. The van der Waals surface area contributed by atoms with Crippen LogP contribution >= 0.6 is 12.2 Å². The number of amides is 1. The lowest BCUT2D eigenvalue weighted by atomic mass is 10.2. The van der Waals surface area contributed by atoms with Crippen LogP contribution in [0.1, 0.15) is 10.4 Å². The topological polar surface area (TPSA) is 44.4 Å². The summed E-state index contributed by atoms with van der Waals surface area (Å²) in [6, 6.07) is 8.96. The monoisotopic (exact) mass is 223 g/mol. The van der Waals surface area contributed by atoms with Crippen LogP contribution in [0.5, 0.6) is 0 Å². The van der Waals surface area contributed by atoms with Gasteiger partial charge in [-0.1, -0.05) is 18.2 Å². The molecule has 0 aromatic heterocycles. The highest BCUT2D eigenvalue weighted by Gasteiger charge is 2.08. The maximum absolute atomic E-state index is 11.6. The molecule has 4 nitrogen and oxygen atoms in total. The largest absolute Gasteiger partial charge is 0.364 e. The minimum absolute atomic E-state index is 0.185. The van der Waals surface area contributed by atoms with Crippen molar-refractivity contribution in [1.29, 1.82) is 0 Å². The molecule has 15 heavy (non-hydrogen) atoms. The van der Waals surface area contributed by atoms with Crippen molar-refractivity contribution in [3.05, 3.63) is 35.9 Å². The molecule has 80 valence electrons. The fourth-order valence-corrected chi connectivity index (χ4v) is 1.07. The van der Waals surface area contributed by atoms with E-state index in [1.807, 2.05) is 18.2 Å². The lowest BCUT2D eigenvalue weighted by molar-refractivity contribution is 0.0887. The Labute approximate surface area is 94.2 Å². The van der Waals surface area contributed by atoms with Crippen LogP contribution in [0.4, 0.5) is 0 Å². The second kappa shape index (κ2) is 5.31. The van der Waals surface area contributed by atoms with Gasteiger partial charge in [0.25, 0.3) is 5.91 Å². The molecular formula is C10H13N3OS. The summed E-state index contributed by atoms with van der Waals surface area (Å²) in [6.45, 7) is 0. The fraction of sp³-hybridized carbons (Fsp3) is 0.200. The normalized spacial score (nSPS) is 9.20. The van der Waals surface area contributed by atoms with Gasteiger partial charge in [-0.15, -0.1) is 0 Å². The first-order chi connectivity index (χ1) is 7.15. The van der Waals surface area contributed by atoms with Crippen molar-refractivity contribution in [3.63, 3.8) is 0 Å². The van der Waals surface area contributed by atoms with Gasteiger partial charge in [0, 0.05) is 19.7 Å². The van der Waals surface area contributed by atoms with Crippen LogP contribution in [-0.2, 0) is 0 Å². The zero-order chi connectivity index (χ0) is 11.3. The van der Waals surface area contributed by atoms with Crippen LogP contribution in [0.15, 0.2) is 30.3 Å². The number of nitrogens with zero attached hydrogens (tertiary/aromatic N) is 1. The predicted molar refractivity (Wildman–Crippen MR) is 63.3 cm³/mol. The number of hydrogen-bond acceptors (Lipinski definition) is 2. The molecule has 0 spiro atoms. The molecule has 0 aliphatic rings. The highest BCUT2D eigenvalue weighted by molar-refractivity contribution is 7.80. The van der Waals surface area contributed by atoms with Gasteiger partial charge in [-0.2, -0.15) is 0 Å². The van der Waals surface area contributed by atoms with E-state index in [-0.39, 0.29) is 5.91 Å². The van der Waals surface area contributed by atoms with Gasteiger partial charge in [-0.25, -0.2) is 0 Å². The number of hydrazine groups is 1. The summed E-state index contributed by atoms with van der Waals surface area (Å²) in [5.41, 5.74) is 3.24. The minimum atomic E-state index is -0.185. The molecule has 0 heterocycles. The second-order valence-corrected chi connectivity index (χ2v) is 3.31. The molecule has 0 atom stereocenters. The molecule has 1 amide bonds. The molecule has 0 saturated heterocycles. The van der Waals surface area contributed by atoms with Crippen LogP contribution < -0.4 is 10.7 Å². The quantitative estimate of drug-likeness (QED) is 0.545. The number of hydrogen-bond donors (Lipinski definition) is 2. The molecule has 0 aliphatic carbocycles. The number of rotatable bonds is 1. The van der Waals surface area contributed by atoms with Crippen molar-refractivity contribution in [2.75, 3.05) is 14.1 Å². The molecule has 0 unspecified atom stereocenters. The van der Waals surface area contributed by atoms with Crippen LogP contribution in [-0.4, -0.2) is 30.1 Å². The Hall–Kier alpha value is -1.62. The van der Waals surface area contributed by atoms with Crippen molar-refractivity contribution in [3.8, 4) is 0 Å². The minimum Gasteiger partial charge on any atom is -0.364 e. The van der Waals surface area contributed by atoms with E-state index < -0.39 is 0 Å². The average Bonchev–Trinajstić information content (AvgIpc) is 2.29. The van der Waals surface area contributed by atoms with E-state index in [1.54, 1.807) is 26.2 Å². The van der Waals surface area contributed by atoms with E-state index in [4.69, 9.17) is 12.2 Å². The second-order valence-electron chi connectivity index (χ2n) is 2.92. The summed E-state index contributed by atoms with van der Waals surface area (Å²) in [4.78, 5) is 11.6.